The van der Waals surface area contributed by atoms with E-state index in [0.29, 0.717) is 6.54 Å². The fourth-order valence-electron chi connectivity index (χ4n) is 3.83. The van der Waals surface area contributed by atoms with Gasteiger partial charge in [-0.05, 0) is 18.1 Å². The minimum Gasteiger partial charge on any atom is -0.378 e. The fraction of sp³-hybridized carbons (Fsp3) is 0.240. The lowest BCUT2D eigenvalue weighted by molar-refractivity contribution is 0.122. The third kappa shape index (κ3) is 4.20. The average Bonchev–Trinajstić information content (AvgIpc) is 3.25. The van der Waals surface area contributed by atoms with Crippen LogP contribution >= 0.6 is 0 Å². The largest absolute Gasteiger partial charge is 0.378 e. The van der Waals surface area contributed by atoms with Gasteiger partial charge in [0.15, 0.2) is 5.65 Å². The van der Waals surface area contributed by atoms with Crippen LogP contribution in [0.15, 0.2) is 71.7 Å². The second kappa shape index (κ2) is 8.70. The molecule has 0 N–H and O–H groups in total. The summed E-state index contributed by atoms with van der Waals surface area (Å²) in [7, 11) is 0. The van der Waals surface area contributed by atoms with Crippen molar-refractivity contribution in [1.29, 1.82) is 0 Å². The molecule has 0 aliphatic carbocycles. The molecule has 1 fully saturated rings. The lowest BCUT2D eigenvalue weighted by Gasteiger charge is -2.29. The summed E-state index contributed by atoms with van der Waals surface area (Å²) in [5.41, 5.74) is 6.12. The van der Waals surface area contributed by atoms with Gasteiger partial charge in [-0.2, -0.15) is 9.61 Å². The van der Waals surface area contributed by atoms with Crippen LogP contribution in [0.2, 0.25) is 0 Å². The number of benzene rings is 2. The number of aliphatic imine (C=N–C) groups is 1. The van der Waals surface area contributed by atoms with E-state index in [1.165, 1.54) is 5.56 Å². The Balaban J connectivity index is 1.51. The maximum absolute atomic E-state index is 5.55. The van der Waals surface area contributed by atoms with E-state index < -0.39 is 0 Å². The van der Waals surface area contributed by atoms with Crippen molar-refractivity contribution in [2.24, 2.45) is 4.99 Å². The normalized spacial score (nSPS) is 14.5. The number of aromatic nitrogens is 3. The molecule has 156 valence electrons. The molecular weight excluding hydrogens is 386 g/mol. The van der Waals surface area contributed by atoms with Gasteiger partial charge in [0.25, 0.3) is 0 Å². The van der Waals surface area contributed by atoms with Crippen molar-refractivity contribution in [3.63, 3.8) is 0 Å². The Morgan fingerprint density at radius 2 is 1.77 bits per heavy atom. The first-order valence-electron chi connectivity index (χ1n) is 10.6. The standard InChI is InChI=1S/C25H25N5O/c1-19-7-5-6-10-21(19)17-26-18-22-15-25(29-11-13-31-14-12-29)30-24(27-22)16-23(28-30)20-8-3-2-4-9-20/h2-10,15-17H,11-14,18H2,1H3. The second-order valence-corrected chi connectivity index (χ2v) is 7.70. The van der Waals surface area contributed by atoms with Gasteiger partial charge in [0.2, 0.25) is 0 Å². The second-order valence-electron chi connectivity index (χ2n) is 7.70. The van der Waals surface area contributed by atoms with Crippen LogP contribution in [-0.4, -0.2) is 47.1 Å². The number of fused-ring (bicyclic) bond motifs is 1. The predicted molar refractivity (Wildman–Crippen MR) is 124 cm³/mol. The summed E-state index contributed by atoms with van der Waals surface area (Å²) >= 11 is 0. The highest BCUT2D eigenvalue weighted by Gasteiger charge is 2.18. The number of anilines is 1. The Bertz CT molecular complexity index is 1210. The summed E-state index contributed by atoms with van der Waals surface area (Å²) in [5, 5.41) is 4.87. The fourth-order valence-corrected chi connectivity index (χ4v) is 3.83. The van der Waals surface area contributed by atoms with Crippen molar-refractivity contribution in [2.75, 3.05) is 31.2 Å². The summed E-state index contributed by atoms with van der Waals surface area (Å²) in [6.07, 6.45) is 1.93. The predicted octanol–water partition coefficient (Wildman–Crippen LogP) is 4.16. The van der Waals surface area contributed by atoms with Crippen LogP contribution in [0.3, 0.4) is 0 Å². The molecule has 31 heavy (non-hydrogen) atoms. The van der Waals surface area contributed by atoms with E-state index in [2.05, 4.69) is 47.1 Å². The zero-order valence-electron chi connectivity index (χ0n) is 17.6. The van der Waals surface area contributed by atoms with Crippen LogP contribution in [-0.2, 0) is 11.3 Å². The van der Waals surface area contributed by atoms with Gasteiger partial charge >= 0.3 is 0 Å². The SMILES string of the molecule is Cc1ccccc1C=NCc1cc(N2CCOCC2)n2nc(-c3ccccc3)cc2n1. The molecule has 1 aliphatic heterocycles. The van der Waals surface area contributed by atoms with Gasteiger partial charge in [0, 0.05) is 37.0 Å². The number of aryl methyl sites for hydroxylation is 1. The van der Waals surface area contributed by atoms with Crippen LogP contribution in [0, 0.1) is 6.92 Å². The number of rotatable bonds is 5. The molecule has 4 aromatic rings. The quantitative estimate of drug-likeness (QED) is 0.463. The molecular formula is C25H25N5O. The Labute approximate surface area is 181 Å². The first-order valence-corrected chi connectivity index (χ1v) is 10.6. The number of nitrogens with zero attached hydrogens (tertiary/aromatic N) is 5. The molecule has 0 unspecified atom stereocenters. The molecule has 1 aliphatic rings. The molecule has 0 saturated carbocycles. The van der Waals surface area contributed by atoms with Crippen molar-refractivity contribution in [3.05, 3.63) is 83.6 Å². The molecule has 3 heterocycles. The number of morpholine rings is 1. The van der Waals surface area contributed by atoms with Crippen LogP contribution < -0.4 is 4.90 Å². The van der Waals surface area contributed by atoms with Crippen molar-refractivity contribution >= 4 is 17.7 Å². The number of hydrogen-bond donors (Lipinski definition) is 0. The molecule has 2 aromatic carbocycles. The first-order chi connectivity index (χ1) is 15.3. The van der Waals surface area contributed by atoms with Gasteiger partial charge in [0.1, 0.15) is 5.82 Å². The Kier molecular flexibility index (Phi) is 5.46. The molecule has 6 nitrogen and oxygen atoms in total. The molecule has 6 heteroatoms. The summed E-state index contributed by atoms with van der Waals surface area (Å²) in [6.45, 7) is 5.74. The van der Waals surface area contributed by atoms with Crippen molar-refractivity contribution in [1.82, 2.24) is 14.6 Å². The topological polar surface area (TPSA) is 55.0 Å². The zero-order valence-corrected chi connectivity index (χ0v) is 17.6. The highest BCUT2D eigenvalue weighted by Crippen LogP contribution is 2.24. The molecule has 1 saturated heterocycles. The molecule has 0 amide bonds. The van der Waals surface area contributed by atoms with Crippen LogP contribution in [0.4, 0.5) is 5.82 Å². The molecule has 0 atom stereocenters. The molecule has 0 bridgehead atoms. The van der Waals surface area contributed by atoms with Gasteiger partial charge in [-0.25, -0.2) is 4.98 Å². The highest BCUT2D eigenvalue weighted by atomic mass is 16.5. The summed E-state index contributed by atoms with van der Waals surface area (Å²) in [5.74, 6) is 1.04. The van der Waals surface area contributed by atoms with Gasteiger partial charge in [-0.1, -0.05) is 54.6 Å². The summed E-state index contributed by atoms with van der Waals surface area (Å²) in [6, 6.07) is 22.6. The van der Waals surface area contributed by atoms with Crippen LogP contribution in [0.5, 0.6) is 0 Å². The minimum absolute atomic E-state index is 0.522. The maximum Gasteiger partial charge on any atom is 0.158 e. The van der Waals surface area contributed by atoms with E-state index in [0.717, 1.165) is 60.3 Å². The molecule has 5 rings (SSSR count). The summed E-state index contributed by atoms with van der Waals surface area (Å²) < 4.78 is 7.50. The van der Waals surface area contributed by atoms with Gasteiger partial charge < -0.3 is 9.64 Å². The lowest BCUT2D eigenvalue weighted by atomic mass is 10.1. The van der Waals surface area contributed by atoms with Crippen molar-refractivity contribution in [2.45, 2.75) is 13.5 Å². The maximum atomic E-state index is 5.55. The molecule has 0 spiro atoms. The summed E-state index contributed by atoms with van der Waals surface area (Å²) in [4.78, 5) is 11.8. The average molecular weight is 412 g/mol. The van der Waals surface area contributed by atoms with E-state index in [-0.39, 0.29) is 0 Å². The van der Waals surface area contributed by atoms with Gasteiger partial charge in [-0.3, -0.25) is 4.99 Å². The van der Waals surface area contributed by atoms with E-state index >= 15 is 0 Å². The van der Waals surface area contributed by atoms with Crippen molar-refractivity contribution < 1.29 is 4.74 Å². The Hall–Kier alpha value is -3.51. The van der Waals surface area contributed by atoms with Crippen molar-refractivity contribution in [3.8, 4) is 11.3 Å². The smallest absolute Gasteiger partial charge is 0.158 e. The molecule has 2 aromatic heterocycles. The number of ether oxygens (including phenoxy) is 1. The molecule has 0 radical (unpaired) electrons. The Morgan fingerprint density at radius 3 is 2.58 bits per heavy atom. The van der Waals surface area contributed by atoms with Crippen LogP contribution in [0.1, 0.15) is 16.8 Å². The lowest BCUT2D eigenvalue weighted by Crippen LogP contribution is -2.37. The van der Waals surface area contributed by atoms with E-state index in [1.807, 2.05) is 47.1 Å². The zero-order chi connectivity index (χ0) is 21.0. The van der Waals surface area contributed by atoms with Gasteiger partial charge in [-0.15, -0.1) is 0 Å². The van der Waals surface area contributed by atoms with Gasteiger partial charge in [0.05, 0.1) is 31.1 Å². The number of hydrogen-bond acceptors (Lipinski definition) is 5. The Morgan fingerprint density at radius 1 is 1.00 bits per heavy atom. The van der Waals surface area contributed by atoms with E-state index in [9.17, 15) is 0 Å². The van der Waals surface area contributed by atoms with E-state index in [4.69, 9.17) is 14.8 Å². The minimum atomic E-state index is 0.522. The highest BCUT2D eigenvalue weighted by molar-refractivity contribution is 5.81. The van der Waals surface area contributed by atoms with E-state index in [1.54, 1.807) is 0 Å². The van der Waals surface area contributed by atoms with Crippen LogP contribution in [0.25, 0.3) is 16.9 Å². The third-order valence-electron chi connectivity index (χ3n) is 5.54. The monoisotopic (exact) mass is 411 g/mol. The third-order valence-corrected chi connectivity index (χ3v) is 5.54. The first kappa shape index (κ1) is 19.5.